The third-order valence-electron chi connectivity index (χ3n) is 12.0. The van der Waals surface area contributed by atoms with Crippen LogP contribution in [0.4, 0.5) is 9.59 Å². The number of piperidine rings is 1. The number of carbonyl (C=O) groups is 6. The summed E-state index contributed by atoms with van der Waals surface area (Å²) in [6, 6.07) is 4.27. The van der Waals surface area contributed by atoms with Gasteiger partial charge in [-0.25, -0.2) is 9.59 Å². The van der Waals surface area contributed by atoms with E-state index in [2.05, 4.69) is 59.3 Å². The summed E-state index contributed by atoms with van der Waals surface area (Å²) in [4.78, 5) is 78.5. The zero-order valence-corrected chi connectivity index (χ0v) is 34.3. The summed E-state index contributed by atoms with van der Waals surface area (Å²) in [7, 11) is 0. The molecule has 3 aliphatic carbocycles. The second-order valence-corrected chi connectivity index (χ2v) is 17.8. The van der Waals surface area contributed by atoms with E-state index in [9.17, 15) is 28.8 Å². The first-order valence-electron chi connectivity index (χ1n) is 20.0. The number of fused-ring (bicyclic) bond motifs is 2. The largest absolute Gasteiger partial charge is 0.344 e. The monoisotopic (exact) mass is 763 g/mol. The van der Waals surface area contributed by atoms with Crippen LogP contribution >= 0.6 is 0 Å². The molecule has 1 aromatic rings. The zero-order valence-electron chi connectivity index (χ0n) is 34.3. The molecule has 4 fully saturated rings. The van der Waals surface area contributed by atoms with Crippen LogP contribution in [0.5, 0.6) is 0 Å². The predicted molar refractivity (Wildman–Crippen MR) is 213 cm³/mol. The third kappa shape index (κ3) is 11.3. The summed E-state index contributed by atoms with van der Waals surface area (Å²) >= 11 is 0. The normalized spacial score (nSPS) is 24.1. The van der Waals surface area contributed by atoms with Crippen LogP contribution in [0, 0.1) is 34.5 Å². The Bertz CT molecular complexity index is 1570. The molecular formula is C42H65N7O6. The van der Waals surface area contributed by atoms with Gasteiger partial charge >= 0.3 is 12.1 Å². The van der Waals surface area contributed by atoms with Crippen LogP contribution in [0.15, 0.2) is 36.9 Å². The maximum absolute atomic E-state index is 14.4. The molecule has 1 aromatic carbocycles. The lowest BCUT2D eigenvalue weighted by molar-refractivity contribution is -0.144. The van der Waals surface area contributed by atoms with E-state index in [1.54, 1.807) is 11.8 Å². The van der Waals surface area contributed by atoms with E-state index in [4.69, 9.17) is 0 Å². The fourth-order valence-corrected chi connectivity index (χ4v) is 7.42. The SMILES string of the molecule is C=CC(C)NC(=O)C(=O)C(C)NC(=O)[C@@H]1C2C(CN1C(=O)[C@@H](NC(=O)N[C@H](C)C(C)(C)C)C1Cc3ccccc3C1)C2(C)C.CC1CC1.O=C1NCCCN1. The summed E-state index contributed by atoms with van der Waals surface area (Å²) in [5.74, 6) is -1.44. The van der Waals surface area contributed by atoms with Gasteiger partial charge in [0, 0.05) is 31.7 Å². The number of hydrogen-bond acceptors (Lipinski definition) is 6. The summed E-state index contributed by atoms with van der Waals surface area (Å²) in [5, 5.41) is 16.5. The molecule has 0 radical (unpaired) electrons. The minimum atomic E-state index is -1.08. The van der Waals surface area contributed by atoms with Crippen molar-refractivity contribution in [1.29, 1.82) is 0 Å². The molecule has 2 heterocycles. The Morgan fingerprint density at radius 2 is 1.49 bits per heavy atom. The molecule has 7 atom stereocenters. The molecule has 2 saturated carbocycles. The second kappa shape index (κ2) is 18.0. The second-order valence-electron chi connectivity index (χ2n) is 17.8. The first kappa shape index (κ1) is 43.3. The molecule has 304 valence electrons. The molecule has 5 aliphatic rings. The van der Waals surface area contributed by atoms with Crippen molar-refractivity contribution in [2.24, 2.45) is 34.5 Å². The van der Waals surface area contributed by atoms with Crippen LogP contribution < -0.4 is 31.9 Å². The predicted octanol–water partition coefficient (Wildman–Crippen LogP) is 3.86. The van der Waals surface area contributed by atoms with Gasteiger partial charge in [-0.05, 0) is 85.7 Å². The van der Waals surface area contributed by atoms with Gasteiger partial charge in [0.2, 0.25) is 17.6 Å². The van der Waals surface area contributed by atoms with E-state index in [0.29, 0.717) is 19.4 Å². The summed E-state index contributed by atoms with van der Waals surface area (Å²) in [6.45, 7) is 23.3. The van der Waals surface area contributed by atoms with Gasteiger partial charge in [0.25, 0.3) is 5.91 Å². The summed E-state index contributed by atoms with van der Waals surface area (Å²) < 4.78 is 0. The van der Waals surface area contributed by atoms with Gasteiger partial charge in [-0.15, -0.1) is 6.58 Å². The van der Waals surface area contributed by atoms with E-state index >= 15 is 0 Å². The van der Waals surface area contributed by atoms with Crippen LogP contribution in [-0.4, -0.2) is 90.3 Å². The van der Waals surface area contributed by atoms with Gasteiger partial charge in [-0.1, -0.05) is 84.7 Å². The molecular weight excluding hydrogens is 699 g/mol. The lowest BCUT2D eigenvalue weighted by Gasteiger charge is -2.36. The highest BCUT2D eigenvalue weighted by atomic mass is 16.2. The van der Waals surface area contributed by atoms with E-state index < -0.39 is 47.8 Å². The molecule has 0 spiro atoms. The quantitative estimate of drug-likeness (QED) is 0.156. The molecule has 13 heteroatoms. The van der Waals surface area contributed by atoms with Crippen LogP contribution in [0.2, 0.25) is 0 Å². The van der Waals surface area contributed by atoms with Crippen molar-refractivity contribution in [3.8, 4) is 0 Å². The first-order chi connectivity index (χ1) is 25.8. The molecule has 6 N–H and O–H groups in total. The number of hydrogen-bond donors (Lipinski definition) is 6. The average Bonchev–Trinajstić information content (AvgIpc) is 3.84. The molecule has 7 amide bonds. The number of carbonyl (C=O) groups excluding carboxylic acids is 6. The lowest BCUT2D eigenvalue weighted by Crippen LogP contribution is -2.61. The van der Waals surface area contributed by atoms with Crippen molar-refractivity contribution in [3.63, 3.8) is 0 Å². The van der Waals surface area contributed by atoms with Crippen molar-refractivity contribution in [2.75, 3.05) is 19.6 Å². The van der Waals surface area contributed by atoms with Gasteiger partial charge in [0.15, 0.2) is 0 Å². The maximum atomic E-state index is 14.4. The highest BCUT2D eigenvalue weighted by Gasteiger charge is 2.69. The van der Waals surface area contributed by atoms with Crippen molar-refractivity contribution < 1.29 is 28.8 Å². The van der Waals surface area contributed by atoms with Crippen molar-refractivity contribution in [1.82, 2.24) is 36.8 Å². The number of Topliss-reactive ketones (excluding diaryl/α,β-unsaturated/α-hetero) is 1. The van der Waals surface area contributed by atoms with E-state index in [-0.39, 0.29) is 46.6 Å². The molecule has 2 aliphatic heterocycles. The Morgan fingerprint density at radius 1 is 0.927 bits per heavy atom. The van der Waals surface area contributed by atoms with Gasteiger partial charge in [0.1, 0.15) is 12.1 Å². The molecule has 6 rings (SSSR count). The van der Waals surface area contributed by atoms with E-state index in [0.717, 1.165) is 36.6 Å². The highest BCUT2D eigenvalue weighted by molar-refractivity contribution is 6.38. The fraction of sp³-hybridized carbons (Fsp3) is 0.667. The first-order valence-corrected chi connectivity index (χ1v) is 20.0. The Labute approximate surface area is 327 Å². The Balaban J connectivity index is 0.000000522. The Hall–Kier alpha value is -4.42. The zero-order chi connectivity index (χ0) is 40.8. The Morgan fingerprint density at radius 3 is 1.96 bits per heavy atom. The van der Waals surface area contributed by atoms with Gasteiger partial charge in [-0.3, -0.25) is 19.2 Å². The fourth-order valence-electron chi connectivity index (χ4n) is 7.42. The number of urea groups is 2. The van der Waals surface area contributed by atoms with Crippen molar-refractivity contribution >= 4 is 35.6 Å². The number of rotatable bonds is 10. The lowest BCUT2D eigenvalue weighted by atomic mass is 9.88. The van der Waals surface area contributed by atoms with E-state index in [1.807, 2.05) is 52.0 Å². The van der Waals surface area contributed by atoms with Crippen molar-refractivity contribution in [2.45, 2.75) is 125 Å². The average molecular weight is 764 g/mol. The molecule has 0 aromatic heterocycles. The minimum Gasteiger partial charge on any atom is -0.344 e. The molecule has 2 saturated heterocycles. The summed E-state index contributed by atoms with van der Waals surface area (Å²) in [5.41, 5.74) is 1.96. The van der Waals surface area contributed by atoms with Crippen molar-refractivity contribution in [3.05, 3.63) is 48.0 Å². The number of nitrogens with zero attached hydrogens (tertiary/aromatic N) is 1. The van der Waals surface area contributed by atoms with Gasteiger partial charge in [0.05, 0.1) is 6.04 Å². The number of benzene rings is 1. The molecule has 55 heavy (non-hydrogen) atoms. The number of nitrogens with one attached hydrogen (secondary N) is 6. The van der Waals surface area contributed by atoms with E-state index in [1.165, 1.54) is 25.8 Å². The molecule has 4 unspecified atom stereocenters. The van der Waals surface area contributed by atoms with Gasteiger partial charge < -0.3 is 36.8 Å². The summed E-state index contributed by atoms with van der Waals surface area (Å²) in [6.07, 6.45) is 6.79. The number of amides is 7. The van der Waals surface area contributed by atoms with Crippen LogP contribution in [0.1, 0.15) is 92.7 Å². The topological polar surface area (TPSA) is 178 Å². The van der Waals surface area contributed by atoms with Crippen LogP contribution in [-0.2, 0) is 32.0 Å². The maximum Gasteiger partial charge on any atom is 0.315 e. The van der Waals surface area contributed by atoms with Crippen LogP contribution in [0.3, 0.4) is 0 Å². The number of likely N-dealkylation sites (tertiary alicyclic amines) is 1. The van der Waals surface area contributed by atoms with Crippen LogP contribution in [0.25, 0.3) is 0 Å². The highest BCUT2D eigenvalue weighted by Crippen LogP contribution is 2.65. The molecule has 0 bridgehead atoms. The smallest absolute Gasteiger partial charge is 0.315 e. The number of ketones is 1. The minimum absolute atomic E-state index is 0.0359. The Kier molecular flexibility index (Phi) is 14.2. The van der Waals surface area contributed by atoms with Gasteiger partial charge in [-0.2, -0.15) is 0 Å². The standard InChI is InChI=1S/C34H49N5O5.C4H8N2O.C4H8/c1-10-18(2)35-30(42)28(40)19(3)36-29(41)27-25-24(34(25,8)9)17-39(27)31(43)26(38-32(44)37-20(4)33(5,6)7)23-15-21-13-11-12-14-22(21)16-23;7-4-5-2-1-3-6-4;1-4-2-3-4/h10-14,18-20,23-27H,1,15-17H2,2-9H3,(H,35,42)(H,36,41)(H2,37,38,44);1-3H2,(H2,5,6,7);4H,2-3H2,1H3/t18?,19?,20-,24?,25?,26+,27+;;/m1../s1. The molecule has 13 nitrogen and oxygen atoms in total. The third-order valence-corrected chi connectivity index (χ3v) is 12.0.